The smallest absolute Gasteiger partial charge is 0.312 e. The molecule has 0 saturated heterocycles. The van der Waals surface area contributed by atoms with Crippen LogP contribution in [0.15, 0.2) is 0 Å². The Hall–Kier alpha value is -2.20. The third-order valence-corrected chi connectivity index (χ3v) is 4.03. The number of nitrogens with one attached hydrogen (secondary N) is 4. The lowest BCUT2D eigenvalue weighted by molar-refractivity contribution is -0.132. The minimum absolute atomic E-state index is 0.106. The Morgan fingerprint density at radius 3 is 2.07 bits per heavy atom. The van der Waals surface area contributed by atoms with Crippen LogP contribution in [0, 0.1) is 5.92 Å². The van der Waals surface area contributed by atoms with Gasteiger partial charge in [-0.15, -0.1) is 0 Å². The van der Waals surface area contributed by atoms with E-state index in [-0.39, 0.29) is 24.2 Å². The first-order chi connectivity index (χ1) is 12.6. The van der Waals surface area contributed by atoms with Gasteiger partial charge in [0.05, 0.1) is 12.1 Å². The van der Waals surface area contributed by atoms with E-state index in [2.05, 4.69) is 21.3 Å². The summed E-state index contributed by atoms with van der Waals surface area (Å²) in [6.07, 6.45) is 0.824. The van der Waals surface area contributed by atoms with Crippen molar-refractivity contribution in [2.24, 2.45) is 17.4 Å². The molecule has 0 aromatic rings. The first kappa shape index (κ1) is 24.8. The van der Waals surface area contributed by atoms with Crippen molar-refractivity contribution in [2.75, 3.05) is 19.6 Å². The normalized spacial score (nSPS) is 14.1. The van der Waals surface area contributed by atoms with E-state index in [1.54, 1.807) is 13.8 Å². The minimum Gasteiger partial charge on any atom is -0.352 e. The summed E-state index contributed by atoms with van der Waals surface area (Å²) >= 11 is 0. The van der Waals surface area contributed by atoms with Crippen molar-refractivity contribution in [3.05, 3.63) is 0 Å². The molecule has 10 heteroatoms. The monoisotopic (exact) mass is 386 g/mol. The summed E-state index contributed by atoms with van der Waals surface area (Å²) in [7, 11) is 0. The van der Waals surface area contributed by atoms with Gasteiger partial charge in [-0.25, -0.2) is 4.79 Å². The lowest BCUT2D eigenvalue weighted by Gasteiger charge is -2.26. The summed E-state index contributed by atoms with van der Waals surface area (Å²) in [4.78, 5) is 47.4. The molecule has 27 heavy (non-hydrogen) atoms. The molecule has 0 aliphatic heterocycles. The average Bonchev–Trinajstić information content (AvgIpc) is 2.58. The maximum atomic E-state index is 12.6. The highest BCUT2D eigenvalue weighted by molar-refractivity contribution is 5.93. The number of amides is 4. The Morgan fingerprint density at radius 2 is 1.63 bits per heavy atom. The van der Waals surface area contributed by atoms with Crippen LogP contribution < -0.4 is 32.7 Å². The summed E-state index contributed by atoms with van der Waals surface area (Å²) in [6, 6.07) is -2.73. The van der Waals surface area contributed by atoms with Gasteiger partial charge in [-0.2, -0.15) is 0 Å². The number of hydrogen-bond donors (Lipinski definition) is 6. The molecule has 0 aliphatic carbocycles. The molecule has 3 atom stereocenters. The average molecular weight is 386 g/mol. The Morgan fingerprint density at radius 1 is 1.00 bits per heavy atom. The SMILES string of the molecule is CCNC(CN)C(=O)NC(C(=O)NC(CCCNC(N)=O)C(C)=O)C(C)C. The largest absolute Gasteiger partial charge is 0.352 e. The number of primary amides is 1. The molecular weight excluding hydrogens is 352 g/mol. The molecule has 8 N–H and O–H groups in total. The van der Waals surface area contributed by atoms with E-state index in [9.17, 15) is 19.2 Å². The van der Waals surface area contributed by atoms with Crippen molar-refractivity contribution in [1.29, 1.82) is 0 Å². The summed E-state index contributed by atoms with van der Waals surface area (Å²) in [5.74, 6) is -1.19. The van der Waals surface area contributed by atoms with Gasteiger partial charge in [-0.05, 0) is 32.2 Å². The number of carbonyl (C=O) groups excluding carboxylic acids is 4. The van der Waals surface area contributed by atoms with Gasteiger partial charge in [0.2, 0.25) is 11.8 Å². The molecule has 3 unspecified atom stereocenters. The highest BCUT2D eigenvalue weighted by atomic mass is 16.2. The van der Waals surface area contributed by atoms with Crippen LogP contribution in [0.2, 0.25) is 0 Å². The van der Waals surface area contributed by atoms with Crippen LogP contribution in [0.25, 0.3) is 0 Å². The fraction of sp³-hybridized carbons (Fsp3) is 0.765. The van der Waals surface area contributed by atoms with Crippen molar-refractivity contribution in [3.63, 3.8) is 0 Å². The second-order valence-electron chi connectivity index (χ2n) is 6.68. The van der Waals surface area contributed by atoms with Crippen LogP contribution in [-0.4, -0.2) is 61.4 Å². The van der Waals surface area contributed by atoms with E-state index in [0.29, 0.717) is 25.9 Å². The molecule has 0 bridgehead atoms. The van der Waals surface area contributed by atoms with Crippen LogP contribution in [-0.2, 0) is 14.4 Å². The first-order valence-corrected chi connectivity index (χ1v) is 9.21. The Bertz CT molecular complexity index is 512. The van der Waals surface area contributed by atoms with Gasteiger partial charge in [0.15, 0.2) is 5.78 Å². The van der Waals surface area contributed by atoms with Crippen molar-refractivity contribution in [2.45, 2.75) is 58.7 Å². The van der Waals surface area contributed by atoms with E-state index in [0.717, 1.165) is 0 Å². The Labute approximate surface area is 160 Å². The highest BCUT2D eigenvalue weighted by Gasteiger charge is 2.29. The number of likely N-dealkylation sites (N-methyl/N-ethyl adjacent to an activating group) is 1. The second-order valence-corrected chi connectivity index (χ2v) is 6.68. The van der Waals surface area contributed by atoms with Gasteiger partial charge in [-0.1, -0.05) is 20.8 Å². The predicted molar refractivity (Wildman–Crippen MR) is 103 cm³/mol. The van der Waals surface area contributed by atoms with E-state index in [1.165, 1.54) is 6.92 Å². The van der Waals surface area contributed by atoms with E-state index >= 15 is 0 Å². The zero-order chi connectivity index (χ0) is 21.0. The van der Waals surface area contributed by atoms with Gasteiger partial charge in [0.25, 0.3) is 0 Å². The van der Waals surface area contributed by atoms with Crippen molar-refractivity contribution < 1.29 is 19.2 Å². The molecule has 156 valence electrons. The molecule has 0 saturated carbocycles. The number of urea groups is 1. The van der Waals surface area contributed by atoms with Crippen LogP contribution in [0.4, 0.5) is 4.79 Å². The van der Waals surface area contributed by atoms with Gasteiger partial charge in [-0.3, -0.25) is 14.4 Å². The molecule has 0 aromatic carbocycles. The standard InChI is InChI=1S/C17H34N6O4/c1-5-20-13(9-18)15(25)23-14(10(2)3)16(26)22-12(11(4)24)7-6-8-21-17(19)27/h10,12-14,20H,5-9,18H2,1-4H3,(H,22,26)(H,23,25)(H3,19,21,27). The van der Waals surface area contributed by atoms with E-state index in [4.69, 9.17) is 11.5 Å². The zero-order valence-electron chi connectivity index (χ0n) is 16.6. The topological polar surface area (TPSA) is 168 Å². The van der Waals surface area contributed by atoms with Crippen LogP contribution in [0.5, 0.6) is 0 Å². The molecule has 0 spiro atoms. The van der Waals surface area contributed by atoms with E-state index in [1.807, 2.05) is 6.92 Å². The number of Topliss-reactive ketones (excluding diaryl/α,β-unsaturated/α-hetero) is 1. The molecule has 0 fully saturated rings. The van der Waals surface area contributed by atoms with Gasteiger partial charge in [0.1, 0.15) is 6.04 Å². The number of nitrogens with two attached hydrogens (primary N) is 2. The third-order valence-electron chi connectivity index (χ3n) is 4.03. The van der Waals surface area contributed by atoms with Crippen molar-refractivity contribution in [1.82, 2.24) is 21.3 Å². The zero-order valence-corrected chi connectivity index (χ0v) is 16.6. The van der Waals surface area contributed by atoms with Crippen LogP contribution in [0.3, 0.4) is 0 Å². The predicted octanol–water partition coefficient (Wildman–Crippen LogP) is -1.41. The lowest BCUT2D eigenvalue weighted by Crippen LogP contribution is -2.58. The molecule has 0 aliphatic rings. The van der Waals surface area contributed by atoms with Gasteiger partial charge < -0.3 is 32.7 Å². The number of rotatable bonds is 13. The van der Waals surface area contributed by atoms with E-state index < -0.39 is 30.1 Å². The molecule has 0 aromatic heterocycles. The van der Waals surface area contributed by atoms with Crippen molar-refractivity contribution >= 4 is 23.6 Å². The quantitative estimate of drug-likeness (QED) is 0.212. The lowest BCUT2D eigenvalue weighted by atomic mass is 10.0. The summed E-state index contributed by atoms with van der Waals surface area (Å²) in [5.41, 5.74) is 10.6. The summed E-state index contributed by atoms with van der Waals surface area (Å²) in [6.45, 7) is 7.82. The third kappa shape index (κ3) is 9.90. The second kappa shape index (κ2) is 13.0. The highest BCUT2D eigenvalue weighted by Crippen LogP contribution is 2.05. The number of hydrogen-bond acceptors (Lipinski definition) is 6. The number of carbonyl (C=O) groups is 4. The minimum atomic E-state index is -0.796. The maximum Gasteiger partial charge on any atom is 0.312 e. The molecule has 4 amide bonds. The van der Waals surface area contributed by atoms with Gasteiger partial charge in [0, 0.05) is 13.1 Å². The summed E-state index contributed by atoms with van der Waals surface area (Å²) < 4.78 is 0. The Balaban J connectivity index is 4.88. The maximum absolute atomic E-state index is 12.6. The Kier molecular flexibility index (Phi) is 12.0. The summed E-state index contributed by atoms with van der Waals surface area (Å²) in [5, 5.41) is 10.8. The fourth-order valence-electron chi connectivity index (χ4n) is 2.47. The van der Waals surface area contributed by atoms with Gasteiger partial charge >= 0.3 is 6.03 Å². The fourth-order valence-corrected chi connectivity index (χ4v) is 2.47. The molecule has 0 heterocycles. The van der Waals surface area contributed by atoms with Crippen LogP contribution in [0.1, 0.15) is 40.5 Å². The van der Waals surface area contributed by atoms with Crippen molar-refractivity contribution in [3.8, 4) is 0 Å². The molecular formula is C17H34N6O4. The molecule has 0 radical (unpaired) electrons. The number of ketones is 1. The molecule has 10 nitrogen and oxygen atoms in total. The first-order valence-electron chi connectivity index (χ1n) is 9.21. The van der Waals surface area contributed by atoms with Crippen LogP contribution >= 0.6 is 0 Å². The molecule has 0 rings (SSSR count).